The molecule has 1 aromatic carbocycles. The van der Waals surface area contributed by atoms with E-state index >= 15 is 0 Å². The van der Waals surface area contributed by atoms with Gasteiger partial charge in [-0.25, -0.2) is 14.1 Å². The molecular weight excluding hydrogens is 501 g/mol. The van der Waals surface area contributed by atoms with E-state index in [0.29, 0.717) is 30.5 Å². The van der Waals surface area contributed by atoms with Crippen molar-refractivity contribution in [2.45, 2.75) is 76.6 Å². The lowest BCUT2D eigenvalue weighted by atomic mass is 9.77. The third kappa shape index (κ3) is 5.96. The molecule has 0 saturated carbocycles. The van der Waals surface area contributed by atoms with Crippen LogP contribution >= 0.6 is 0 Å². The number of nitrogens with one attached hydrogen (secondary N) is 2. The number of aryl methyl sites for hydroxylation is 1. The number of nitrogens with zero attached hydrogens (tertiary/aromatic N) is 7. The van der Waals surface area contributed by atoms with Gasteiger partial charge in [-0.2, -0.15) is 4.98 Å². The van der Waals surface area contributed by atoms with Crippen LogP contribution in [0.25, 0.3) is 11.4 Å². The van der Waals surface area contributed by atoms with Crippen molar-refractivity contribution in [1.29, 1.82) is 0 Å². The summed E-state index contributed by atoms with van der Waals surface area (Å²) in [5.74, 6) is 1.23. The molecule has 0 bridgehead atoms. The molecule has 0 aliphatic carbocycles. The van der Waals surface area contributed by atoms with Crippen LogP contribution in [0.4, 0.5) is 21.8 Å². The van der Waals surface area contributed by atoms with Gasteiger partial charge in [-0.3, -0.25) is 4.90 Å². The summed E-state index contributed by atoms with van der Waals surface area (Å²) in [5, 5.41) is 18.5. The minimum atomic E-state index is -0.485. The van der Waals surface area contributed by atoms with E-state index in [4.69, 9.17) is 9.47 Å². The van der Waals surface area contributed by atoms with Crippen molar-refractivity contribution < 1.29 is 13.9 Å². The molecule has 2 aliphatic heterocycles. The molecule has 11 nitrogen and oxygen atoms in total. The Morgan fingerprint density at radius 1 is 1.08 bits per heavy atom. The van der Waals surface area contributed by atoms with Gasteiger partial charge in [-0.05, 0) is 76.2 Å². The Morgan fingerprint density at radius 3 is 2.46 bits per heavy atom. The van der Waals surface area contributed by atoms with Crippen molar-refractivity contribution in [3.63, 3.8) is 0 Å². The molecule has 2 N–H and O–H groups in total. The molecule has 4 heterocycles. The molecule has 3 aromatic rings. The van der Waals surface area contributed by atoms with Gasteiger partial charge in [0.2, 0.25) is 5.95 Å². The number of hydrogen-bond donors (Lipinski definition) is 2. The van der Waals surface area contributed by atoms with Gasteiger partial charge in [-0.15, -0.1) is 5.10 Å². The Hall–Kier alpha value is -3.38. The molecule has 0 atom stereocenters. The smallest absolute Gasteiger partial charge is 0.229 e. The lowest BCUT2D eigenvalue weighted by molar-refractivity contribution is -0.00778. The molecule has 2 aromatic heterocycles. The zero-order valence-corrected chi connectivity index (χ0v) is 23.5. The quantitative estimate of drug-likeness (QED) is 0.453. The van der Waals surface area contributed by atoms with Crippen LogP contribution in [0.2, 0.25) is 0 Å². The molecule has 2 fully saturated rings. The van der Waals surface area contributed by atoms with Gasteiger partial charge in [0.15, 0.2) is 17.5 Å². The number of piperidine rings is 1. The average molecular weight is 540 g/mol. The van der Waals surface area contributed by atoms with Gasteiger partial charge in [0.05, 0.1) is 25.0 Å². The lowest BCUT2D eigenvalue weighted by Crippen LogP contribution is -2.61. The molecule has 12 heteroatoms. The molecule has 39 heavy (non-hydrogen) atoms. The number of anilines is 3. The Balaban J connectivity index is 1.37. The van der Waals surface area contributed by atoms with E-state index in [1.165, 1.54) is 6.20 Å². The lowest BCUT2D eigenvalue weighted by Gasteiger charge is -2.53. The SMILES string of the molecule is CN1C(C)(C)CC(Nc2nc(Nc3ccc(OC4CCOCC4)c(-c4nnnn4C)c3)ncc2F)CC1(C)C. The number of rotatable bonds is 7. The summed E-state index contributed by atoms with van der Waals surface area (Å²) in [7, 11) is 3.93. The predicted octanol–water partition coefficient (Wildman–Crippen LogP) is 4.17. The van der Waals surface area contributed by atoms with Crippen molar-refractivity contribution >= 4 is 17.5 Å². The average Bonchev–Trinajstić information content (AvgIpc) is 3.31. The van der Waals surface area contributed by atoms with Crippen molar-refractivity contribution in [3.8, 4) is 17.1 Å². The second kappa shape index (κ2) is 10.6. The maximum absolute atomic E-state index is 14.8. The molecule has 2 aliphatic rings. The number of ether oxygens (including phenoxy) is 2. The molecule has 210 valence electrons. The summed E-state index contributed by atoms with van der Waals surface area (Å²) in [6.07, 6.45) is 4.62. The third-order valence-electron chi connectivity index (χ3n) is 7.95. The monoisotopic (exact) mass is 539 g/mol. The van der Waals surface area contributed by atoms with Crippen molar-refractivity contribution in [3.05, 3.63) is 30.2 Å². The number of hydrogen-bond acceptors (Lipinski definition) is 10. The van der Waals surface area contributed by atoms with Gasteiger partial charge in [0.25, 0.3) is 0 Å². The molecule has 0 radical (unpaired) electrons. The largest absolute Gasteiger partial charge is 0.489 e. The maximum Gasteiger partial charge on any atom is 0.229 e. The highest BCUT2D eigenvalue weighted by atomic mass is 19.1. The van der Waals surface area contributed by atoms with Crippen molar-refractivity contribution in [1.82, 2.24) is 35.1 Å². The summed E-state index contributed by atoms with van der Waals surface area (Å²) in [6, 6.07) is 5.72. The van der Waals surface area contributed by atoms with E-state index in [9.17, 15) is 4.39 Å². The number of likely N-dealkylation sites (tertiary alicyclic amines) is 1. The highest BCUT2D eigenvalue weighted by Gasteiger charge is 2.43. The van der Waals surface area contributed by atoms with Gasteiger partial charge >= 0.3 is 0 Å². The van der Waals surface area contributed by atoms with Crippen LogP contribution < -0.4 is 15.4 Å². The standard InChI is InChI=1S/C27H38FN9O2/c1-26(2)14-18(15-27(3,4)37(26)6)30-23-21(28)16-29-25(32-23)31-17-7-8-22(39-19-9-11-38-12-10-19)20(13-17)24-33-34-35-36(24)5/h7-8,13,16,18-19H,9-12,14-15H2,1-6H3,(H2,29,30,31,32). The predicted molar refractivity (Wildman–Crippen MR) is 147 cm³/mol. The second-order valence-electron chi connectivity index (χ2n) is 11.7. The summed E-state index contributed by atoms with van der Waals surface area (Å²) >= 11 is 0. The van der Waals surface area contributed by atoms with E-state index in [0.717, 1.165) is 31.2 Å². The molecule has 5 rings (SSSR count). The highest BCUT2D eigenvalue weighted by Crippen LogP contribution is 2.38. The Kier molecular flexibility index (Phi) is 7.43. The van der Waals surface area contributed by atoms with Crippen LogP contribution in [0.1, 0.15) is 53.4 Å². The van der Waals surface area contributed by atoms with Gasteiger partial charge in [0, 0.05) is 42.7 Å². The zero-order valence-electron chi connectivity index (χ0n) is 23.5. The van der Waals surface area contributed by atoms with Crippen LogP contribution in [0.5, 0.6) is 5.75 Å². The van der Waals surface area contributed by atoms with E-state index < -0.39 is 5.82 Å². The zero-order chi connectivity index (χ0) is 27.8. The number of tetrazole rings is 1. The Bertz CT molecular complexity index is 1290. The Morgan fingerprint density at radius 2 is 1.79 bits per heavy atom. The summed E-state index contributed by atoms with van der Waals surface area (Å²) < 4.78 is 28.2. The fourth-order valence-corrected chi connectivity index (χ4v) is 5.64. The number of halogens is 1. The summed E-state index contributed by atoms with van der Waals surface area (Å²) in [5.41, 5.74) is 1.36. The van der Waals surface area contributed by atoms with E-state index in [2.05, 4.69) is 75.8 Å². The highest BCUT2D eigenvalue weighted by molar-refractivity contribution is 5.71. The van der Waals surface area contributed by atoms with E-state index in [1.54, 1.807) is 11.7 Å². The third-order valence-corrected chi connectivity index (χ3v) is 7.95. The van der Waals surface area contributed by atoms with Crippen LogP contribution in [0.15, 0.2) is 24.4 Å². The van der Waals surface area contributed by atoms with Crippen molar-refractivity contribution in [2.24, 2.45) is 7.05 Å². The summed E-state index contributed by atoms with van der Waals surface area (Å²) in [4.78, 5) is 11.1. The minimum Gasteiger partial charge on any atom is -0.489 e. The van der Waals surface area contributed by atoms with Gasteiger partial charge < -0.3 is 20.1 Å². The number of aromatic nitrogens is 6. The fourth-order valence-electron chi connectivity index (χ4n) is 5.64. The van der Waals surface area contributed by atoms with Crippen LogP contribution in [0.3, 0.4) is 0 Å². The molecule has 2 saturated heterocycles. The Labute approximate surface area is 228 Å². The summed E-state index contributed by atoms with van der Waals surface area (Å²) in [6.45, 7) is 10.2. The molecule has 0 spiro atoms. The van der Waals surface area contributed by atoms with Gasteiger partial charge in [0.1, 0.15) is 11.9 Å². The fraction of sp³-hybridized carbons (Fsp3) is 0.593. The van der Waals surface area contributed by atoms with Crippen LogP contribution in [0, 0.1) is 5.82 Å². The van der Waals surface area contributed by atoms with Crippen molar-refractivity contribution in [2.75, 3.05) is 30.9 Å². The first kappa shape index (κ1) is 27.2. The first-order chi connectivity index (χ1) is 18.5. The maximum atomic E-state index is 14.8. The second-order valence-corrected chi connectivity index (χ2v) is 11.7. The van der Waals surface area contributed by atoms with Crippen LogP contribution in [-0.2, 0) is 11.8 Å². The number of benzene rings is 1. The molecule has 0 unspecified atom stereocenters. The molecular formula is C27H38FN9O2. The topological polar surface area (TPSA) is 115 Å². The van der Waals surface area contributed by atoms with E-state index in [1.807, 2.05) is 18.2 Å². The first-order valence-electron chi connectivity index (χ1n) is 13.4. The van der Waals surface area contributed by atoms with Crippen LogP contribution in [-0.4, -0.2) is 78.6 Å². The first-order valence-corrected chi connectivity index (χ1v) is 13.4. The van der Waals surface area contributed by atoms with Gasteiger partial charge in [-0.1, -0.05) is 0 Å². The molecule has 0 amide bonds. The van der Waals surface area contributed by atoms with E-state index in [-0.39, 0.29) is 35.0 Å². The minimum absolute atomic E-state index is 0.0381. The normalized spacial score (nSPS) is 20.1.